The number of anilines is 1. The zero-order chi connectivity index (χ0) is 16.9. The molecule has 0 aromatic heterocycles. The van der Waals surface area contributed by atoms with E-state index in [1.54, 1.807) is 0 Å². The third-order valence-corrected chi connectivity index (χ3v) is 5.15. The second-order valence-electron chi connectivity index (χ2n) is 7.28. The average molecular weight is 322 g/mol. The molecule has 0 N–H and O–H groups in total. The van der Waals surface area contributed by atoms with Crippen molar-refractivity contribution in [1.82, 2.24) is 4.90 Å². The summed E-state index contributed by atoms with van der Waals surface area (Å²) in [4.78, 5) is 5.01. The first kappa shape index (κ1) is 17.0. The van der Waals surface area contributed by atoms with Crippen LogP contribution in [0.2, 0.25) is 0 Å². The van der Waals surface area contributed by atoms with Gasteiger partial charge in [-0.25, -0.2) is 0 Å². The van der Waals surface area contributed by atoms with E-state index >= 15 is 0 Å². The predicted molar refractivity (Wildman–Crippen MR) is 103 cm³/mol. The first-order chi connectivity index (χ1) is 11.7. The molecule has 0 saturated heterocycles. The highest BCUT2D eigenvalue weighted by Gasteiger charge is 2.30. The number of aryl methyl sites for hydroxylation is 1. The molecule has 1 saturated carbocycles. The van der Waals surface area contributed by atoms with Gasteiger partial charge >= 0.3 is 0 Å². The Morgan fingerprint density at radius 2 is 1.46 bits per heavy atom. The van der Waals surface area contributed by atoms with E-state index in [0.717, 1.165) is 0 Å². The van der Waals surface area contributed by atoms with Crippen molar-refractivity contribution >= 4 is 5.69 Å². The van der Waals surface area contributed by atoms with Crippen molar-refractivity contribution in [2.45, 2.75) is 51.2 Å². The Labute approximate surface area is 147 Å². The first-order valence-corrected chi connectivity index (χ1v) is 9.23. The molecule has 0 amide bonds. The zero-order valence-corrected chi connectivity index (χ0v) is 15.3. The van der Waals surface area contributed by atoms with E-state index in [2.05, 4.69) is 85.4 Å². The maximum Gasteiger partial charge on any atom is 0.108 e. The topological polar surface area (TPSA) is 6.48 Å². The van der Waals surface area contributed by atoms with E-state index in [0.29, 0.717) is 6.04 Å². The van der Waals surface area contributed by atoms with E-state index in [9.17, 15) is 0 Å². The van der Waals surface area contributed by atoms with Crippen LogP contribution in [0.4, 0.5) is 5.69 Å². The highest BCUT2D eigenvalue weighted by Crippen LogP contribution is 2.36. The number of nitrogens with zero attached hydrogens (tertiary/aromatic N) is 2. The van der Waals surface area contributed by atoms with Crippen LogP contribution in [-0.2, 0) is 0 Å². The third-order valence-electron chi connectivity index (χ3n) is 5.15. The summed E-state index contributed by atoms with van der Waals surface area (Å²) in [5, 5.41) is 0. The minimum absolute atomic E-state index is 0.275. The Bertz CT molecular complexity index is 612. The Kier molecular flexibility index (Phi) is 5.57. The standard InChI is InChI=1S/C22H30N2/c1-18-14-16-21(17-15-18)24(20-12-8-5-9-13-20)22(23(2)3)19-10-6-4-7-11-19/h4,6-7,10-11,14-17,20,22H,5,8-9,12-13H2,1-3H3. The van der Waals surface area contributed by atoms with Crippen molar-refractivity contribution < 1.29 is 0 Å². The predicted octanol–water partition coefficient (Wildman–Crippen LogP) is 5.39. The summed E-state index contributed by atoms with van der Waals surface area (Å²) in [5.74, 6) is 0. The largest absolute Gasteiger partial charge is 0.349 e. The summed E-state index contributed by atoms with van der Waals surface area (Å²) < 4.78 is 0. The van der Waals surface area contributed by atoms with Crippen molar-refractivity contribution in [3.05, 3.63) is 65.7 Å². The molecule has 0 radical (unpaired) electrons. The van der Waals surface area contributed by atoms with Gasteiger partial charge in [-0.3, -0.25) is 4.90 Å². The Morgan fingerprint density at radius 3 is 2.04 bits per heavy atom. The maximum absolute atomic E-state index is 2.66. The van der Waals surface area contributed by atoms with Gasteiger partial charge in [0.25, 0.3) is 0 Å². The van der Waals surface area contributed by atoms with E-state index in [1.807, 2.05) is 0 Å². The van der Waals surface area contributed by atoms with Gasteiger partial charge in [0.15, 0.2) is 0 Å². The lowest BCUT2D eigenvalue weighted by Crippen LogP contribution is -2.45. The molecule has 0 bridgehead atoms. The maximum atomic E-state index is 2.66. The molecule has 1 unspecified atom stereocenters. The summed E-state index contributed by atoms with van der Waals surface area (Å²) in [6, 6.07) is 20.6. The third kappa shape index (κ3) is 3.81. The normalized spacial score (nSPS) is 17.0. The Morgan fingerprint density at radius 1 is 0.833 bits per heavy atom. The van der Waals surface area contributed by atoms with Crippen LogP contribution in [0.5, 0.6) is 0 Å². The monoisotopic (exact) mass is 322 g/mol. The van der Waals surface area contributed by atoms with Crippen LogP contribution in [-0.4, -0.2) is 25.0 Å². The molecule has 128 valence electrons. The van der Waals surface area contributed by atoms with Gasteiger partial charge in [0, 0.05) is 11.7 Å². The van der Waals surface area contributed by atoms with Gasteiger partial charge < -0.3 is 4.90 Å². The fourth-order valence-electron chi connectivity index (χ4n) is 3.96. The summed E-state index contributed by atoms with van der Waals surface area (Å²) in [5.41, 5.74) is 4.03. The second-order valence-corrected chi connectivity index (χ2v) is 7.28. The van der Waals surface area contributed by atoms with Crippen LogP contribution in [0.3, 0.4) is 0 Å². The van der Waals surface area contributed by atoms with Crippen molar-refractivity contribution in [3.8, 4) is 0 Å². The lowest BCUT2D eigenvalue weighted by molar-refractivity contribution is 0.251. The lowest BCUT2D eigenvalue weighted by Gasteiger charge is -2.44. The number of benzene rings is 2. The van der Waals surface area contributed by atoms with Crippen LogP contribution in [0.1, 0.15) is 49.4 Å². The van der Waals surface area contributed by atoms with E-state index in [4.69, 9.17) is 0 Å². The molecule has 1 fully saturated rings. The summed E-state index contributed by atoms with van der Waals surface area (Å²) >= 11 is 0. The quantitative estimate of drug-likeness (QED) is 0.681. The summed E-state index contributed by atoms with van der Waals surface area (Å²) in [7, 11) is 4.39. The lowest BCUT2D eigenvalue weighted by atomic mass is 9.92. The molecule has 0 heterocycles. The molecule has 3 rings (SSSR count). The van der Waals surface area contributed by atoms with Crippen LogP contribution >= 0.6 is 0 Å². The van der Waals surface area contributed by atoms with Crippen LogP contribution in [0.25, 0.3) is 0 Å². The van der Waals surface area contributed by atoms with Gasteiger partial charge in [-0.05, 0) is 51.6 Å². The van der Waals surface area contributed by atoms with Crippen LogP contribution < -0.4 is 4.90 Å². The average Bonchev–Trinajstić information content (AvgIpc) is 2.62. The Balaban J connectivity index is 2.02. The number of hydrogen-bond acceptors (Lipinski definition) is 2. The van der Waals surface area contributed by atoms with Crippen molar-refractivity contribution in [1.29, 1.82) is 0 Å². The SMILES string of the molecule is Cc1ccc(N(C2CCCCC2)C(c2ccccc2)N(C)C)cc1. The zero-order valence-electron chi connectivity index (χ0n) is 15.3. The van der Waals surface area contributed by atoms with Gasteiger partial charge in [0.05, 0.1) is 0 Å². The number of hydrogen-bond donors (Lipinski definition) is 0. The van der Waals surface area contributed by atoms with E-state index in [-0.39, 0.29) is 6.17 Å². The minimum Gasteiger partial charge on any atom is -0.349 e. The van der Waals surface area contributed by atoms with Crippen LogP contribution in [0, 0.1) is 6.92 Å². The fourth-order valence-corrected chi connectivity index (χ4v) is 3.96. The van der Waals surface area contributed by atoms with Crippen molar-refractivity contribution in [2.24, 2.45) is 0 Å². The second kappa shape index (κ2) is 7.85. The molecule has 1 aliphatic carbocycles. The smallest absolute Gasteiger partial charge is 0.108 e. The molecule has 0 spiro atoms. The molecule has 2 heteroatoms. The molecule has 24 heavy (non-hydrogen) atoms. The minimum atomic E-state index is 0.275. The van der Waals surface area contributed by atoms with Crippen molar-refractivity contribution in [2.75, 3.05) is 19.0 Å². The van der Waals surface area contributed by atoms with Crippen molar-refractivity contribution in [3.63, 3.8) is 0 Å². The Hall–Kier alpha value is -1.80. The van der Waals surface area contributed by atoms with Gasteiger partial charge in [0.1, 0.15) is 6.17 Å². The van der Waals surface area contributed by atoms with Crippen LogP contribution in [0.15, 0.2) is 54.6 Å². The summed E-state index contributed by atoms with van der Waals surface area (Å²) in [6.07, 6.45) is 6.95. The molecular weight excluding hydrogens is 292 g/mol. The van der Waals surface area contributed by atoms with Gasteiger partial charge in [-0.1, -0.05) is 67.3 Å². The molecular formula is C22H30N2. The molecule has 1 atom stereocenters. The van der Waals surface area contributed by atoms with E-state index in [1.165, 1.54) is 48.9 Å². The highest BCUT2D eigenvalue weighted by atomic mass is 15.3. The molecule has 2 aromatic rings. The first-order valence-electron chi connectivity index (χ1n) is 9.23. The van der Waals surface area contributed by atoms with Gasteiger partial charge in [0.2, 0.25) is 0 Å². The molecule has 2 aromatic carbocycles. The molecule has 2 nitrogen and oxygen atoms in total. The molecule has 1 aliphatic rings. The fraction of sp³-hybridized carbons (Fsp3) is 0.455. The highest BCUT2D eigenvalue weighted by molar-refractivity contribution is 5.51. The van der Waals surface area contributed by atoms with Gasteiger partial charge in [-0.2, -0.15) is 0 Å². The summed E-state index contributed by atoms with van der Waals surface area (Å²) in [6.45, 7) is 2.16. The number of rotatable bonds is 5. The molecule has 0 aliphatic heterocycles. The van der Waals surface area contributed by atoms with E-state index < -0.39 is 0 Å². The van der Waals surface area contributed by atoms with Gasteiger partial charge in [-0.15, -0.1) is 0 Å².